The van der Waals surface area contributed by atoms with Crippen molar-refractivity contribution in [2.24, 2.45) is 0 Å². The molecule has 138 valence electrons. The molecule has 1 saturated heterocycles. The van der Waals surface area contributed by atoms with Gasteiger partial charge in [0.25, 0.3) is 0 Å². The van der Waals surface area contributed by atoms with Gasteiger partial charge in [0.2, 0.25) is 15.9 Å². The van der Waals surface area contributed by atoms with Gasteiger partial charge >= 0.3 is 0 Å². The average molecular weight is 393 g/mol. The number of amides is 1. The predicted octanol–water partition coefficient (Wildman–Crippen LogP) is 3.37. The van der Waals surface area contributed by atoms with Crippen LogP contribution >= 0.6 is 11.6 Å². The molecule has 1 N–H and O–H groups in total. The highest BCUT2D eigenvalue weighted by Crippen LogP contribution is 2.27. The summed E-state index contributed by atoms with van der Waals surface area (Å²) >= 11 is 5.84. The van der Waals surface area contributed by atoms with E-state index < -0.39 is 16.1 Å². The van der Waals surface area contributed by atoms with Crippen molar-refractivity contribution in [1.29, 1.82) is 0 Å². The SMILES string of the molecule is C[C@@H](NC(=O)[C@@H]1CCCN1S(=O)(=O)c1ccc(Cl)cc1)c1ccccc1. The van der Waals surface area contributed by atoms with Crippen molar-refractivity contribution in [3.05, 3.63) is 65.2 Å². The van der Waals surface area contributed by atoms with Crippen LogP contribution in [0.4, 0.5) is 0 Å². The van der Waals surface area contributed by atoms with Crippen LogP contribution in [0.5, 0.6) is 0 Å². The van der Waals surface area contributed by atoms with Gasteiger partial charge in [0.1, 0.15) is 6.04 Å². The second-order valence-corrected chi connectivity index (χ2v) is 8.70. The van der Waals surface area contributed by atoms with Crippen LogP contribution < -0.4 is 5.32 Å². The van der Waals surface area contributed by atoms with E-state index in [-0.39, 0.29) is 16.8 Å². The summed E-state index contributed by atoms with van der Waals surface area (Å²) in [6, 6.07) is 14.7. The molecule has 1 heterocycles. The Morgan fingerprint density at radius 2 is 1.81 bits per heavy atom. The normalized spacial score (nSPS) is 19.2. The second kappa shape index (κ2) is 7.78. The molecule has 7 heteroatoms. The Labute approximate surface area is 159 Å². The number of halogens is 1. The molecular weight excluding hydrogens is 372 g/mol. The Balaban J connectivity index is 1.77. The lowest BCUT2D eigenvalue weighted by Crippen LogP contribution is -2.46. The van der Waals surface area contributed by atoms with E-state index in [1.807, 2.05) is 37.3 Å². The minimum atomic E-state index is -3.74. The number of nitrogens with zero attached hydrogens (tertiary/aromatic N) is 1. The van der Waals surface area contributed by atoms with Crippen molar-refractivity contribution < 1.29 is 13.2 Å². The molecule has 26 heavy (non-hydrogen) atoms. The first kappa shape index (κ1) is 18.9. The van der Waals surface area contributed by atoms with Gasteiger partial charge in [-0.05, 0) is 49.6 Å². The van der Waals surface area contributed by atoms with E-state index in [9.17, 15) is 13.2 Å². The van der Waals surface area contributed by atoms with Gasteiger partial charge in [-0.3, -0.25) is 4.79 Å². The molecule has 0 unspecified atom stereocenters. The highest BCUT2D eigenvalue weighted by molar-refractivity contribution is 7.89. The molecule has 0 radical (unpaired) electrons. The van der Waals surface area contributed by atoms with Crippen LogP contribution in [0, 0.1) is 0 Å². The van der Waals surface area contributed by atoms with Gasteiger partial charge in [0, 0.05) is 11.6 Å². The van der Waals surface area contributed by atoms with Crippen molar-refractivity contribution in [2.45, 2.75) is 36.7 Å². The minimum absolute atomic E-state index is 0.151. The van der Waals surface area contributed by atoms with E-state index in [1.165, 1.54) is 28.6 Å². The van der Waals surface area contributed by atoms with Crippen molar-refractivity contribution in [1.82, 2.24) is 9.62 Å². The zero-order valence-corrected chi connectivity index (χ0v) is 16.0. The van der Waals surface area contributed by atoms with E-state index in [4.69, 9.17) is 11.6 Å². The summed E-state index contributed by atoms with van der Waals surface area (Å²) in [7, 11) is -3.74. The first-order valence-electron chi connectivity index (χ1n) is 8.52. The van der Waals surface area contributed by atoms with Crippen LogP contribution in [-0.4, -0.2) is 31.2 Å². The number of sulfonamides is 1. The molecular formula is C19H21ClN2O3S. The van der Waals surface area contributed by atoms with Gasteiger partial charge in [-0.2, -0.15) is 4.31 Å². The van der Waals surface area contributed by atoms with Crippen molar-refractivity contribution in [2.75, 3.05) is 6.54 Å². The zero-order valence-electron chi connectivity index (χ0n) is 14.4. The zero-order chi connectivity index (χ0) is 18.7. The number of hydrogen-bond acceptors (Lipinski definition) is 3. The third kappa shape index (κ3) is 3.92. The lowest BCUT2D eigenvalue weighted by molar-refractivity contribution is -0.124. The minimum Gasteiger partial charge on any atom is -0.348 e. The summed E-state index contributed by atoms with van der Waals surface area (Å²) in [5.41, 5.74) is 0.978. The Bertz CT molecular complexity index is 869. The maximum atomic E-state index is 12.9. The molecule has 2 atom stereocenters. The monoisotopic (exact) mass is 392 g/mol. The first-order valence-corrected chi connectivity index (χ1v) is 10.3. The Morgan fingerprint density at radius 1 is 1.15 bits per heavy atom. The molecule has 5 nitrogen and oxygen atoms in total. The third-order valence-electron chi connectivity index (χ3n) is 4.58. The fourth-order valence-electron chi connectivity index (χ4n) is 3.17. The van der Waals surface area contributed by atoms with Gasteiger partial charge in [-0.15, -0.1) is 0 Å². The quantitative estimate of drug-likeness (QED) is 0.848. The topological polar surface area (TPSA) is 66.5 Å². The maximum Gasteiger partial charge on any atom is 0.243 e. The smallest absolute Gasteiger partial charge is 0.243 e. The molecule has 2 aromatic rings. The standard InChI is InChI=1S/C19H21ClN2O3S/c1-14(15-6-3-2-4-7-15)21-19(23)18-8-5-13-22(18)26(24,25)17-11-9-16(20)10-12-17/h2-4,6-7,9-12,14,18H,5,8,13H2,1H3,(H,21,23)/t14-,18+/m1/s1. The molecule has 0 aromatic heterocycles. The predicted molar refractivity (Wildman–Crippen MR) is 101 cm³/mol. The number of carbonyl (C=O) groups is 1. The second-order valence-electron chi connectivity index (χ2n) is 6.37. The van der Waals surface area contributed by atoms with Gasteiger partial charge in [0.15, 0.2) is 0 Å². The van der Waals surface area contributed by atoms with Crippen LogP contribution in [-0.2, 0) is 14.8 Å². The molecule has 1 fully saturated rings. The van der Waals surface area contributed by atoms with E-state index in [1.54, 1.807) is 0 Å². The summed E-state index contributed by atoms with van der Waals surface area (Å²) in [6.07, 6.45) is 1.17. The Morgan fingerprint density at radius 3 is 2.46 bits per heavy atom. The van der Waals surface area contributed by atoms with E-state index in [0.717, 1.165) is 5.56 Å². The van der Waals surface area contributed by atoms with Crippen LogP contribution in [0.15, 0.2) is 59.5 Å². The number of hydrogen-bond donors (Lipinski definition) is 1. The fraction of sp³-hybridized carbons (Fsp3) is 0.316. The van der Waals surface area contributed by atoms with E-state index >= 15 is 0 Å². The summed E-state index contributed by atoms with van der Waals surface area (Å²) in [5, 5.41) is 3.40. The molecule has 0 spiro atoms. The van der Waals surface area contributed by atoms with Crippen LogP contribution in [0.1, 0.15) is 31.4 Å². The molecule has 2 aromatic carbocycles. The highest BCUT2D eigenvalue weighted by Gasteiger charge is 2.39. The fourth-order valence-corrected chi connectivity index (χ4v) is 4.95. The van der Waals surface area contributed by atoms with Gasteiger partial charge < -0.3 is 5.32 Å². The van der Waals surface area contributed by atoms with Crippen LogP contribution in [0.2, 0.25) is 5.02 Å². The molecule has 1 amide bonds. The van der Waals surface area contributed by atoms with Gasteiger partial charge in [0.05, 0.1) is 10.9 Å². The van der Waals surface area contributed by atoms with Gasteiger partial charge in [-0.1, -0.05) is 41.9 Å². The third-order valence-corrected chi connectivity index (χ3v) is 6.76. The summed E-state index contributed by atoms with van der Waals surface area (Å²) in [6.45, 7) is 2.23. The van der Waals surface area contributed by atoms with Crippen LogP contribution in [0.25, 0.3) is 0 Å². The molecule has 0 aliphatic carbocycles. The van der Waals surface area contributed by atoms with Crippen molar-refractivity contribution >= 4 is 27.5 Å². The maximum absolute atomic E-state index is 12.9. The number of carbonyl (C=O) groups excluding carboxylic acids is 1. The van der Waals surface area contributed by atoms with E-state index in [2.05, 4.69) is 5.32 Å². The number of nitrogens with one attached hydrogen (secondary N) is 1. The van der Waals surface area contributed by atoms with Crippen molar-refractivity contribution in [3.8, 4) is 0 Å². The molecule has 1 aliphatic rings. The molecule has 0 saturated carbocycles. The summed E-state index contributed by atoms with van der Waals surface area (Å²) < 4.78 is 27.1. The van der Waals surface area contributed by atoms with Gasteiger partial charge in [-0.25, -0.2) is 8.42 Å². The lowest BCUT2D eigenvalue weighted by Gasteiger charge is -2.25. The summed E-state index contributed by atoms with van der Waals surface area (Å²) in [4.78, 5) is 12.9. The largest absolute Gasteiger partial charge is 0.348 e. The summed E-state index contributed by atoms with van der Waals surface area (Å²) in [5.74, 6) is -0.267. The van der Waals surface area contributed by atoms with Crippen LogP contribution in [0.3, 0.4) is 0 Å². The molecule has 3 rings (SSSR count). The Kier molecular flexibility index (Phi) is 5.65. The lowest BCUT2D eigenvalue weighted by atomic mass is 10.1. The Hall–Kier alpha value is -1.89. The van der Waals surface area contributed by atoms with E-state index in [0.29, 0.717) is 24.4 Å². The number of rotatable bonds is 5. The molecule has 1 aliphatic heterocycles. The first-order chi connectivity index (χ1) is 12.4. The number of benzene rings is 2. The molecule has 0 bridgehead atoms. The average Bonchev–Trinajstić information content (AvgIpc) is 3.13. The van der Waals surface area contributed by atoms with Crippen molar-refractivity contribution in [3.63, 3.8) is 0 Å². The highest BCUT2D eigenvalue weighted by atomic mass is 35.5.